The van der Waals surface area contributed by atoms with Crippen LogP contribution in [0.1, 0.15) is 26.2 Å². The van der Waals surface area contributed by atoms with Crippen LogP contribution in [0.25, 0.3) is 0 Å². The molecule has 0 saturated carbocycles. The fourth-order valence-electron chi connectivity index (χ4n) is 2.10. The number of rotatable bonds is 8. The average Bonchev–Trinajstić information content (AvgIpc) is 2.86. The Balaban J connectivity index is 2.53. The first-order valence-corrected chi connectivity index (χ1v) is 6.84. The average molecular weight is 263 g/mol. The number of ether oxygens (including phenoxy) is 2. The van der Waals surface area contributed by atoms with Crippen molar-refractivity contribution in [3.63, 3.8) is 0 Å². The summed E-state index contributed by atoms with van der Waals surface area (Å²) in [5.41, 5.74) is 0. The van der Waals surface area contributed by atoms with E-state index in [1.54, 1.807) is 6.08 Å². The Labute approximate surface area is 109 Å². The fourth-order valence-corrected chi connectivity index (χ4v) is 2.28. The number of aliphatic hydroxyl groups excluding tert-OH is 1. The zero-order valence-corrected chi connectivity index (χ0v) is 11.2. The van der Waals surface area contributed by atoms with Gasteiger partial charge in [0, 0.05) is 17.7 Å². The summed E-state index contributed by atoms with van der Waals surface area (Å²) in [6.45, 7) is 6.92. The van der Waals surface area contributed by atoms with E-state index < -0.39 is 6.10 Å². The van der Waals surface area contributed by atoms with Crippen molar-refractivity contribution in [1.29, 1.82) is 0 Å². The Kier molecular flexibility index (Phi) is 7.12. The summed E-state index contributed by atoms with van der Waals surface area (Å²) in [6, 6.07) is 0. The van der Waals surface area contributed by atoms with Crippen LogP contribution in [0.5, 0.6) is 0 Å². The van der Waals surface area contributed by atoms with Crippen molar-refractivity contribution in [3.05, 3.63) is 12.7 Å². The van der Waals surface area contributed by atoms with E-state index in [2.05, 4.69) is 6.58 Å². The molecule has 0 amide bonds. The Morgan fingerprint density at radius 3 is 2.59 bits per heavy atom. The van der Waals surface area contributed by atoms with Crippen LogP contribution < -0.4 is 0 Å². The lowest BCUT2D eigenvalue weighted by molar-refractivity contribution is -0.125. The van der Waals surface area contributed by atoms with Crippen molar-refractivity contribution in [2.45, 2.75) is 38.6 Å². The third-order valence-electron chi connectivity index (χ3n) is 3.27. The molecule has 0 aromatic rings. The van der Waals surface area contributed by atoms with Crippen LogP contribution in [0.4, 0.5) is 0 Å². The second-order valence-corrected chi connectivity index (χ2v) is 4.92. The van der Waals surface area contributed by atoms with Gasteiger partial charge in [0.2, 0.25) is 0 Å². The first-order valence-electron chi connectivity index (χ1n) is 6.30. The molecule has 1 N–H and O–H groups in total. The molecule has 3 nitrogen and oxygen atoms in total. The van der Waals surface area contributed by atoms with Crippen molar-refractivity contribution in [3.8, 4) is 0 Å². The number of aliphatic hydroxyl groups is 1. The van der Waals surface area contributed by atoms with E-state index in [4.69, 9.17) is 21.1 Å². The van der Waals surface area contributed by atoms with E-state index in [-0.39, 0.29) is 18.1 Å². The first kappa shape index (κ1) is 15.0. The molecule has 0 spiro atoms. The molecular weight excluding hydrogens is 240 g/mol. The van der Waals surface area contributed by atoms with E-state index in [0.717, 1.165) is 19.3 Å². The smallest absolute Gasteiger partial charge is 0.163 e. The lowest BCUT2D eigenvalue weighted by atomic mass is 9.87. The lowest BCUT2D eigenvalue weighted by Gasteiger charge is -2.29. The molecule has 17 heavy (non-hydrogen) atoms. The molecule has 0 unspecified atom stereocenters. The van der Waals surface area contributed by atoms with E-state index in [9.17, 15) is 5.11 Å². The van der Waals surface area contributed by atoms with Crippen molar-refractivity contribution in [2.24, 2.45) is 11.8 Å². The molecule has 4 heteroatoms. The van der Waals surface area contributed by atoms with Gasteiger partial charge in [-0.2, -0.15) is 0 Å². The molecule has 1 heterocycles. The quantitative estimate of drug-likeness (QED) is 0.415. The molecule has 3 atom stereocenters. The molecule has 0 aliphatic carbocycles. The standard InChI is InChI=1S/C13H23ClO3/c1-3-10(2)12(15)11(6-4-5-7-14)13-16-8-9-17-13/h3,10-13,15H,1,4-9H2,2H3/t10-,11+,12+/m0/s1. The summed E-state index contributed by atoms with van der Waals surface area (Å²) in [7, 11) is 0. The van der Waals surface area contributed by atoms with Crippen molar-refractivity contribution >= 4 is 11.6 Å². The van der Waals surface area contributed by atoms with Crippen molar-refractivity contribution in [1.82, 2.24) is 0 Å². The molecule has 0 bridgehead atoms. The van der Waals surface area contributed by atoms with E-state index in [1.165, 1.54) is 0 Å². The maximum atomic E-state index is 10.3. The SMILES string of the molecule is C=C[C@H](C)[C@@H](O)[C@@H](CCCCCl)C1OCCO1. The third kappa shape index (κ3) is 4.59. The van der Waals surface area contributed by atoms with Crippen LogP contribution in [-0.4, -0.2) is 36.6 Å². The minimum absolute atomic E-state index is 0.00807. The minimum Gasteiger partial charge on any atom is -0.392 e. The topological polar surface area (TPSA) is 38.7 Å². The molecular formula is C13H23ClO3. The predicted octanol–water partition coefficient (Wildman–Crippen LogP) is 2.57. The first-order chi connectivity index (χ1) is 8.20. The zero-order chi connectivity index (χ0) is 12.7. The van der Waals surface area contributed by atoms with Crippen LogP contribution in [0.3, 0.4) is 0 Å². The number of hydrogen-bond donors (Lipinski definition) is 1. The molecule has 0 radical (unpaired) electrons. The Bertz CT molecular complexity index is 217. The van der Waals surface area contributed by atoms with Crippen LogP contribution in [0.15, 0.2) is 12.7 Å². The molecule has 0 aromatic heterocycles. The summed E-state index contributed by atoms with van der Waals surface area (Å²) >= 11 is 5.67. The van der Waals surface area contributed by atoms with E-state index in [1.807, 2.05) is 6.92 Å². The van der Waals surface area contributed by atoms with Crippen LogP contribution in [-0.2, 0) is 9.47 Å². The summed E-state index contributed by atoms with van der Waals surface area (Å²) in [6.07, 6.45) is 3.84. The third-order valence-corrected chi connectivity index (χ3v) is 3.53. The molecule has 100 valence electrons. The number of alkyl halides is 1. The molecule has 1 saturated heterocycles. The van der Waals surface area contributed by atoms with Gasteiger partial charge in [-0.25, -0.2) is 0 Å². The highest BCUT2D eigenvalue weighted by molar-refractivity contribution is 6.17. The second-order valence-electron chi connectivity index (χ2n) is 4.54. The van der Waals surface area contributed by atoms with Gasteiger partial charge in [0.05, 0.1) is 19.3 Å². The van der Waals surface area contributed by atoms with Gasteiger partial charge in [0.1, 0.15) is 0 Å². The largest absolute Gasteiger partial charge is 0.392 e. The zero-order valence-electron chi connectivity index (χ0n) is 10.5. The van der Waals surface area contributed by atoms with Crippen molar-refractivity contribution < 1.29 is 14.6 Å². The summed E-state index contributed by atoms with van der Waals surface area (Å²) in [4.78, 5) is 0. The molecule has 1 rings (SSSR count). The van der Waals surface area contributed by atoms with E-state index in [0.29, 0.717) is 19.1 Å². The van der Waals surface area contributed by atoms with Gasteiger partial charge >= 0.3 is 0 Å². The minimum atomic E-state index is -0.467. The predicted molar refractivity (Wildman–Crippen MR) is 69.1 cm³/mol. The highest BCUT2D eigenvalue weighted by atomic mass is 35.5. The summed E-state index contributed by atoms with van der Waals surface area (Å²) in [5.74, 6) is 0.712. The maximum absolute atomic E-state index is 10.3. The summed E-state index contributed by atoms with van der Waals surface area (Å²) < 4.78 is 11.0. The van der Waals surface area contributed by atoms with Crippen molar-refractivity contribution in [2.75, 3.05) is 19.1 Å². The highest BCUT2D eigenvalue weighted by Gasteiger charge is 2.33. The molecule has 1 fully saturated rings. The van der Waals surface area contributed by atoms with Gasteiger partial charge in [-0.05, 0) is 12.8 Å². The van der Waals surface area contributed by atoms with Gasteiger partial charge in [-0.1, -0.05) is 19.4 Å². The Morgan fingerprint density at radius 2 is 2.06 bits per heavy atom. The molecule has 0 aromatic carbocycles. The van der Waals surface area contributed by atoms with E-state index >= 15 is 0 Å². The molecule has 1 aliphatic heterocycles. The van der Waals surface area contributed by atoms with Gasteiger partial charge in [0.25, 0.3) is 0 Å². The normalized spacial score (nSPS) is 22.3. The number of halogens is 1. The highest BCUT2D eigenvalue weighted by Crippen LogP contribution is 2.27. The Morgan fingerprint density at radius 1 is 1.41 bits per heavy atom. The fraction of sp³-hybridized carbons (Fsp3) is 0.846. The van der Waals surface area contributed by atoms with Gasteiger partial charge in [0.15, 0.2) is 6.29 Å². The van der Waals surface area contributed by atoms with Gasteiger partial charge in [-0.3, -0.25) is 0 Å². The maximum Gasteiger partial charge on any atom is 0.163 e. The summed E-state index contributed by atoms with van der Waals surface area (Å²) in [5, 5.41) is 10.3. The molecule has 1 aliphatic rings. The van der Waals surface area contributed by atoms with Crippen LogP contribution in [0, 0.1) is 11.8 Å². The monoisotopic (exact) mass is 262 g/mol. The van der Waals surface area contributed by atoms with Crippen LogP contribution >= 0.6 is 11.6 Å². The number of unbranched alkanes of at least 4 members (excludes halogenated alkanes) is 1. The number of hydrogen-bond acceptors (Lipinski definition) is 3. The Hall–Kier alpha value is -0.0900. The lowest BCUT2D eigenvalue weighted by Crippen LogP contribution is -2.36. The van der Waals surface area contributed by atoms with Gasteiger partial charge < -0.3 is 14.6 Å². The van der Waals surface area contributed by atoms with Gasteiger partial charge in [-0.15, -0.1) is 18.2 Å². The second kappa shape index (κ2) is 8.09. The van der Waals surface area contributed by atoms with Crippen LogP contribution in [0.2, 0.25) is 0 Å².